The van der Waals surface area contributed by atoms with Gasteiger partial charge in [0.15, 0.2) is 0 Å². The van der Waals surface area contributed by atoms with E-state index in [1.54, 1.807) is 0 Å². The molecule has 1 aliphatic heterocycles. The molecular formula is C9H16ClNO2. The minimum Gasteiger partial charge on any atom is -0.394 e. The molecule has 0 bridgehead atoms. The lowest BCUT2D eigenvalue weighted by Crippen LogP contribution is -2.49. The second-order valence-corrected chi connectivity index (χ2v) is 3.55. The van der Waals surface area contributed by atoms with Crippen molar-refractivity contribution >= 4 is 11.6 Å². The average Bonchev–Trinajstić information content (AvgIpc) is 2.17. The second kappa shape index (κ2) is 5.60. The molecule has 1 rings (SSSR count). The van der Waals surface area contributed by atoms with Crippen LogP contribution >= 0.6 is 11.6 Å². The standard InChI is InChI=1S/C9H16ClNO2/c1-8-7-13-9(6-12)5-11(8)4-2-3-10/h2-3,8-9,12H,4-7H2,1H3/b3-2+. The highest BCUT2D eigenvalue weighted by Crippen LogP contribution is 2.10. The summed E-state index contributed by atoms with van der Waals surface area (Å²) < 4.78 is 5.40. The molecule has 2 unspecified atom stereocenters. The molecule has 0 aliphatic carbocycles. The number of rotatable bonds is 3. The number of ether oxygens (including phenoxy) is 1. The minimum absolute atomic E-state index is 0.0417. The van der Waals surface area contributed by atoms with Gasteiger partial charge in [-0.1, -0.05) is 17.7 Å². The lowest BCUT2D eigenvalue weighted by atomic mass is 10.2. The Morgan fingerprint density at radius 3 is 3.08 bits per heavy atom. The highest BCUT2D eigenvalue weighted by molar-refractivity contribution is 6.25. The fourth-order valence-electron chi connectivity index (χ4n) is 1.42. The summed E-state index contributed by atoms with van der Waals surface area (Å²) in [6, 6.07) is 0.399. The largest absolute Gasteiger partial charge is 0.394 e. The number of nitrogens with zero attached hydrogens (tertiary/aromatic N) is 1. The van der Waals surface area contributed by atoms with Crippen molar-refractivity contribution in [1.29, 1.82) is 0 Å². The van der Waals surface area contributed by atoms with Crippen LogP contribution in [0.5, 0.6) is 0 Å². The molecule has 1 saturated heterocycles. The maximum absolute atomic E-state index is 8.92. The van der Waals surface area contributed by atoms with Crippen LogP contribution in [0.3, 0.4) is 0 Å². The van der Waals surface area contributed by atoms with Crippen molar-refractivity contribution in [1.82, 2.24) is 4.90 Å². The van der Waals surface area contributed by atoms with E-state index in [1.165, 1.54) is 5.54 Å². The van der Waals surface area contributed by atoms with E-state index in [-0.39, 0.29) is 12.7 Å². The van der Waals surface area contributed by atoms with Crippen molar-refractivity contribution in [3.63, 3.8) is 0 Å². The van der Waals surface area contributed by atoms with Crippen molar-refractivity contribution in [2.24, 2.45) is 0 Å². The number of hydrogen-bond acceptors (Lipinski definition) is 3. The molecule has 3 nitrogen and oxygen atoms in total. The molecule has 76 valence electrons. The quantitative estimate of drug-likeness (QED) is 0.741. The molecule has 1 aliphatic rings. The Morgan fingerprint density at radius 1 is 1.69 bits per heavy atom. The Bertz CT molecular complexity index is 175. The van der Waals surface area contributed by atoms with E-state index in [2.05, 4.69) is 11.8 Å². The monoisotopic (exact) mass is 205 g/mol. The van der Waals surface area contributed by atoms with Crippen LogP contribution in [0, 0.1) is 0 Å². The van der Waals surface area contributed by atoms with Gasteiger partial charge < -0.3 is 9.84 Å². The van der Waals surface area contributed by atoms with Gasteiger partial charge in [0.1, 0.15) is 0 Å². The number of aliphatic hydroxyl groups excluding tert-OH is 1. The number of aliphatic hydroxyl groups is 1. The predicted octanol–water partition coefficient (Wildman–Crippen LogP) is 0.820. The third-order valence-electron chi connectivity index (χ3n) is 2.27. The van der Waals surface area contributed by atoms with Crippen molar-refractivity contribution in [2.45, 2.75) is 19.1 Å². The van der Waals surface area contributed by atoms with E-state index in [9.17, 15) is 0 Å². The first kappa shape index (κ1) is 11.0. The van der Waals surface area contributed by atoms with Crippen LogP contribution in [0.25, 0.3) is 0 Å². The summed E-state index contributed by atoms with van der Waals surface area (Å²) in [6.07, 6.45) is 1.86. The first-order chi connectivity index (χ1) is 6.27. The number of hydrogen-bond donors (Lipinski definition) is 1. The minimum atomic E-state index is -0.0417. The molecule has 0 saturated carbocycles. The zero-order chi connectivity index (χ0) is 9.68. The summed E-state index contributed by atoms with van der Waals surface area (Å²) in [5, 5.41) is 8.92. The molecule has 0 spiro atoms. The first-order valence-corrected chi connectivity index (χ1v) is 4.93. The van der Waals surface area contributed by atoms with Gasteiger partial charge in [-0.3, -0.25) is 4.90 Å². The third kappa shape index (κ3) is 3.27. The molecule has 0 aromatic heterocycles. The third-order valence-corrected chi connectivity index (χ3v) is 2.45. The number of morpholine rings is 1. The van der Waals surface area contributed by atoms with Crippen molar-refractivity contribution < 1.29 is 9.84 Å². The molecule has 1 heterocycles. The lowest BCUT2D eigenvalue weighted by molar-refractivity contribution is -0.0741. The molecule has 0 amide bonds. The van der Waals surface area contributed by atoms with Gasteiger partial charge >= 0.3 is 0 Å². The highest BCUT2D eigenvalue weighted by atomic mass is 35.5. The molecule has 4 heteroatoms. The van der Waals surface area contributed by atoms with Crippen LogP contribution in [-0.2, 0) is 4.74 Å². The normalized spacial score (nSPS) is 31.3. The molecule has 0 radical (unpaired) electrons. The summed E-state index contributed by atoms with van der Waals surface area (Å²) in [7, 11) is 0. The van der Waals surface area contributed by atoms with Crippen LogP contribution < -0.4 is 0 Å². The van der Waals surface area contributed by atoms with Gasteiger partial charge in [-0.2, -0.15) is 0 Å². The highest BCUT2D eigenvalue weighted by Gasteiger charge is 2.24. The maximum atomic E-state index is 8.92. The smallest absolute Gasteiger partial charge is 0.0933 e. The second-order valence-electron chi connectivity index (χ2n) is 3.30. The Hall–Kier alpha value is -0.0900. The van der Waals surface area contributed by atoms with Gasteiger partial charge in [0.05, 0.1) is 19.3 Å². The lowest BCUT2D eigenvalue weighted by Gasteiger charge is -2.36. The molecular weight excluding hydrogens is 190 g/mol. The predicted molar refractivity (Wildman–Crippen MR) is 52.9 cm³/mol. The Balaban J connectivity index is 2.40. The van der Waals surface area contributed by atoms with Crippen molar-refractivity contribution in [2.75, 3.05) is 26.3 Å². The zero-order valence-corrected chi connectivity index (χ0v) is 8.57. The van der Waals surface area contributed by atoms with Crippen LogP contribution in [0.1, 0.15) is 6.92 Å². The first-order valence-electron chi connectivity index (χ1n) is 4.49. The Labute approximate surface area is 83.9 Å². The molecule has 1 fully saturated rings. The molecule has 0 aromatic carbocycles. The van der Waals surface area contributed by atoms with Crippen molar-refractivity contribution in [3.8, 4) is 0 Å². The van der Waals surface area contributed by atoms with Crippen LogP contribution in [0.2, 0.25) is 0 Å². The fourth-order valence-corrected chi connectivity index (χ4v) is 1.49. The van der Waals surface area contributed by atoms with E-state index >= 15 is 0 Å². The summed E-state index contributed by atoms with van der Waals surface area (Å²) >= 11 is 5.45. The molecule has 13 heavy (non-hydrogen) atoms. The van der Waals surface area contributed by atoms with Gasteiger partial charge in [0.2, 0.25) is 0 Å². The van der Waals surface area contributed by atoms with Gasteiger partial charge in [0, 0.05) is 24.7 Å². The topological polar surface area (TPSA) is 32.7 Å². The SMILES string of the molecule is CC1COC(CO)CN1C/C=C/Cl. The van der Waals surface area contributed by atoms with E-state index in [4.69, 9.17) is 21.4 Å². The van der Waals surface area contributed by atoms with E-state index in [0.29, 0.717) is 12.6 Å². The van der Waals surface area contributed by atoms with E-state index in [0.717, 1.165) is 13.1 Å². The Morgan fingerprint density at radius 2 is 2.46 bits per heavy atom. The molecule has 0 aromatic rings. The zero-order valence-electron chi connectivity index (χ0n) is 7.82. The van der Waals surface area contributed by atoms with E-state index in [1.807, 2.05) is 6.08 Å². The summed E-state index contributed by atoms with van der Waals surface area (Å²) in [6.45, 7) is 4.48. The van der Waals surface area contributed by atoms with Gasteiger partial charge in [-0.25, -0.2) is 0 Å². The average molecular weight is 206 g/mol. The summed E-state index contributed by atoms with van der Waals surface area (Å²) in [4.78, 5) is 2.24. The van der Waals surface area contributed by atoms with Gasteiger partial charge in [0.25, 0.3) is 0 Å². The van der Waals surface area contributed by atoms with Gasteiger partial charge in [-0.15, -0.1) is 0 Å². The summed E-state index contributed by atoms with van der Waals surface area (Å²) in [5.74, 6) is 0. The van der Waals surface area contributed by atoms with Crippen LogP contribution in [0.4, 0.5) is 0 Å². The van der Waals surface area contributed by atoms with Crippen molar-refractivity contribution in [3.05, 3.63) is 11.6 Å². The molecule has 1 N–H and O–H groups in total. The summed E-state index contributed by atoms with van der Waals surface area (Å²) in [5.41, 5.74) is 1.52. The van der Waals surface area contributed by atoms with E-state index < -0.39 is 0 Å². The van der Waals surface area contributed by atoms with Crippen LogP contribution in [0.15, 0.2) is 11.6 Å². The fraction of sp³-hybridized carbons (Fsp3) is 0.778. The van der Waals surface area contributed by atoms with Gasteiger partial charge in [-0.05, 0) is 6.92 Å². The van der Waals surface area contributed by atoms with Crippen LogP contribution in [-0.4, -0.2) is 48.5 Å². The maximum Gasteiger partial charge on any atom is 0.0933 e. The Kier molecular flexibility index (Phi) is 4.73. The number of halogens is 1. The molecule has 2 atom stereocenters.